The molecule has 0 aromatic heterocycles. The highest BCUT2D eigenvalue weighted by Crippen LogP contribution is 2.45. The molecule has 0 fully saturated rings. The lowest BCUT2D eigenvalue weighted by Gasteiger charge is -2.10. The highest BCUT2D eigenvalue weighted by Gasteiger charge is 2.22. The van der Waals surface area contributed by atoms with Gasteiger partial charge in [0, 0.05) is 5.39 Å². The van der Waals surface area contributed by atoms with E-state index in [1.165, 1.54) is 27.8 Å². The topological polar surface area (TPSA) is 29.5 Å². The first-order chi connectivity index (χ1) is 10.2. The molecular formula is C19H16O2. The van der Waals surface area contributed by atoms with Gasteiger partial charge in [-0.25, -0.2) is 0 Å². The van der Waals surface area contributed by atoms with E-state index in [0.717, 1.165) is 22.9 Å². The zero-order chi connectivity index (χ0) is 14.6. The van der Waals surface area contributed by atoms with Crippen LogP contribution in [0.2, 0.25) is 0 Å². The second kappa shape index (κ2) is 4.26. The third-order valence-corrected chi connectivity index (χ3v) is 4.32. The van der Waals surface area contributed by atoms with Crippen molar-refractivity contribution in [2.45, 2.75) is 13.3 Å². The average molecular weight is 276 g/mol. The Kier molecular flexibility index (Phi) is 2.49. The summed E-state index contributed by atoms with van der Waals surface area (Å²) < 4.78 is 5.27. The van der Waals surface area contributed by atoms with Gasteiger partial charge in [-0.3, -0.25) is 0 Å². The lowest BCUT2D eigenvalue weighted by molar-refractivity contribution is 0.415. The van der Waals surface area contributed by atoms with Gasteiger partial charge in [-0.1, -0.05) is 23.8 Å². The molecule has 3 aromatic rings. The molecule has 4 rings (SSSR count). The smallest absolute Gasteiger partial charge is 0.123 e. The molecule has 3 aromatic carbocycles. The number of methoxy groups -OCH3 is 1. The Hall–Kier alpha value is -2.48. The van der Waals surface area contributed by atoms with E-state index >= 15 is 0 Å². The van der Waals surface area contributed by atoms with E-state index in [0.29, 0.717) is 5.75 Å². The van der Waals surface area contributed by atoms with E-state index in [4.69, 9.17) is 4.74 Å². The van der Waals surface area contributed by atoms with Crippen molar-refractivity contribution in [1.82, 2.24) is 0 Å². The summed E-state index contributed by atoms with van der Waals surface area (Å²) in [4.78, 5) is 0. The summed E-state index contributed by atoms with van der Waals surface area (Å²) in [6, 6.07) is 14.4. The maximum absolute atomic E-state index is 10.3. The highest BCUT2D eigenvalue weighted by molar-refractivity contribution is 6.04. The Balaban J connectivity index is 2.07. The normalized spacial score (nSPS) is 12.3. The minimum Gasteiger partial charge on any atom is -0.507 e. The summed E-state index contributed by atoms with van der Waals surface area (Å²) in [6.45, 7) is 2.11. The molecular weight excluding hydrogens is 260 g/mol. The van der Waals surface area contributed by atoms with Crippen molar-refractivity contribution in [3.8, 4) is 22.6 Å². The third kappa shape index (κ3) is 1.72. The number of phenols is 1. The van der Waals surface area contributed by atoms with E-state index in [2.05, 4.69) is 25.1 Å². The summed E-state index contributed by atoms with van der Waals surface area (Å²) in [6.07, 6.45) is 0.891. The molecule has 0 amide bonds. The van der Waals surface area contributed by atoms with Crippen LogP contribution in [0.3, 0.4) is 0 Å². The van der Waals surface area contributed by atoms with Crippen LogP contribution in [0.15, 0.2) is 42.5 Å². The van der Waals surface area contributed by atoms with E-state index in [9.17, 15) is 5.11 Å². The van der Waals surface area contributed by atoms with Crippen LogP contribution in [0.5, 0.6) is 11.5 Å². The van der Waals surface area contributed by atoms with Crippen molar-refractivity contribution in [3.63, 3.8) is 0 Å². The molecule has 1 aliphatic rings. The molecule has 0 radical (unpaired) electrons. The first-order valence-electron chi connectivity index (χ1n) is 7.10. The molecule has 21 heavy (non-hydrogen) atoms. The molecule has 0 bridgehead atoms. The van der Waals surface area contributed by atoms with Crippen molar-refractivity contribution in [1.29, 1.82) is 0 Å². The first kappa shape index (κ1) is 12.3. The van der Waals surface area contributed by atoms with Crippen molar-refractivity contribution in [2.24, 2.45) is 0 Å². The second-order valence-electron chi connectivity index (χ2n) is 5.68. The van der Waals surface area contributed by atoms with E-state index < -0.39 is 0 Å². The standard InChI is InChI=1S/C19H16O2/c1-11-3-5-15-12(7-11)8-13-9-18(20)17-10-14(21-2)4-6-16(17)19(13)15/h3-7,9-10,20H,8H2,1-2H3. The fourth-order valence-electron chi connectivity index (χ4n) is 3.34. The lowest BCUT2D eigenvalue weighted by Crippen LogP contribution is -1.87. The summed E-state index contributed by atoms with van der Waals surface area (Å²) in [5.74, 6) is 1.09. The Labute approximate surface area is 123 Å². The van der Waals surface area contributed by atoms with Gasteiger partial charge in [0.05, 0.1) is 7.11 Å². The maximum Gasteiger partial charge on any atom is 0.123 e. The SMILES string of the molecule is COc1ccc2c3c(cc(O)c2c1)Cc1cc(C)ccc1-3. The molecule has 0 atom stereocenters. The van der Waals surface area contributed by atoms with Crippen LogP contribution in [-0.2, 0) is 6.42 Å². The molecule has 0 heterocycles. The molecule has 1 aliphatic carbocycles. The fourth-order valence-corrected chi connectivity index (χ4v) is 3.34. The Bertz CT molecular complexity index is 878. The van der Waals surface area contributed by atoms with Crippen LogP contribution in [0, 0.1) is 6.92 Å². The van der Waals surface area contributed by atoms with E-state index in [1.54, 1.807) is 7.11 Å². The zero-order valence-corrected chi connectivity index (χ0v) is 12.1. The molecule has 2 heteroatoms. The molecule has 0 unspecified atom stereocenters. The van der Waals surface area contributed by atoms with Crippen LogP contribution in [0.25, 0.3) is 21.9 Å². The molecule has 0 saturated carbocycles. The number of aryl methyl sites for hydroxylation is 1. The first-order valence-corrected chi connectivity index (χ1v) is 7.10. The number of rotatable bonds is 1. The zero-order valence-electron chi connectivity index (χ0n) is 12.1. The van der Waals surface area contributed by atoms with Gasteiger partial charge >= 0.3 is 0 Å². The minimum absolute atomic E-state index is 0.326. The minimum atomic E-state index is 0.326. The summed E-state index contributed by atoms with van der Waals surface area (Å²) >= 11 is 0. The summed E-state index contributed by atoms with van der Waals surface area (Å²) in [5, 5.41) is 12.3. The summed E-state index contributed by atoms with van der Waals surface area (Å²) in [5.41, 5.74) is 6.35. The predicted molar refractivity (Wildman–Crippen MR) is 85.1 cm³/mol. The van der Waals surface area contributed by atoms with Crippen LogP contribution in [0.4, 0.5) is 0 Å². The lowest BCUT2D eigenvalue weighted by atomic mass is 9.96. The molecule has 0 aliphatic heterocycles. The average Bonchev–Trinajstić information content (AvgIpc) is 2.83. The number of benzene rings is 3. The van der Waals surface area contributed by atoms with Crippen LogP contribution >= 0.6 is 0 Å². The van der Waals surface area contributed by atoms with Gasteiger partial charge in [0.15, 0.2) is 0 Å². The van der Waals surface area contributed by atoms with Crippen molar-refractivity contribution >= 4 is 10.8 Å². The van der Waals surface area contributed by atoms with E-state index in [1.807, 2.05) is 24.3 Å². The molecule has 0 saturated heterocycles. The number of phenolic OH excluding ortho intramolecular Hbond substituents is 1. The van der Waals surface area contributed by atoms with Gasteiger partial charge in [-0.15, -0.1) is 0 Å². The van der Waals surface area contributed by atoms with Crippen LogP contribution in [-0.4, -0.2) is 12.2 Å². The van der Waals surface area contributed by atoms with Gasteiger partial charge < -0.3 is 9.84 Å². The number of hydrogen-bond donors (Lipinski definition) is 1. The quantitative estimate of drug-likeness (QED) is 0.557. The van der Waals surface area contributed by atoms with Crippen molar-refractivity contribution in [2.75, 3.05) is 7.11 Å². The van der Waals surface area contributed by atoms with Gasteiger partial charge in [0.2, 0.25) is 0 Å². The van der Waals surface area contributed by atoms with Crippen LogP contribution in [0.1, 0.15) is 16.7 Å². The van der Waals surface area contributed by atoms with Crippen molar-refractivity contribution < 1.29 is 9.84 Å². The van der Waals surface area contributed by atoms with Crippen LogP contribution < -0.4 is 4.74 Å². The van der Waals surface area contributed by atoms with Gasteiger partial charge in [0.25, 0.3) is 0 Å². The Morgan fingerprint density at radius 2 is 1.81 bits per heavy atom. The Morgan fingerprint density at radius 3 is 2.62 bits per heavy atom. The maximum atomic E-state index is 10.3. The highest BCUT2D eigenvalue weighted by atomic mass is 16.5. The number of aromatic hydroxyl groups is 1. The molecule has 0 spiro atoms. The molecule has 104 valence electrons. The summed E-state index contributed by atoms with van der Waals surface area (Å²) in [7, 11) is 1.64. The second-order valence-corrected chi connectivity index (χ2v) is 5.68. The third-order valence-electron chi connectivity index (χ3n) is 4.32. The fraction of sp³-hybridized carbons (Fsp3) is 0.158. The molecule has 2 nitrogen and oxygen atoms in total. The van der Waals surface area contributed by atoms with Gasteiger partial charge in [-0.05, 0) is 65.3 Å². The van der Waals surface area contributed by atoms with Gasteiger partial charge in [-0.2, -0.15) is 0 Å². The monoisotopic (exact) mass is 276 g/mol. The largest absolute Gasteiger partial charge is 0.507 e. The predicted octanol–water partition coefficient (Wildman–Crippen LogP) is 4.43. The van der Waals surface area contributed by atoms with Gasteiger partial charge in [0.1, 0.15) is 11.5 Å². The van der Waals surface area contributed by atoms with Crippen molar-refractivity contribution in [3.05, 3.63) is 59.2 Å². The molecule has 1 N–H and O–H groups in total. The number of fused-ring (bicyclic) bond motifs is 5. The number of hydrogen-bond acceptors (Lipinski definition) is 2. The number of ether oxygens (including phenoxy) is 1. The van der Waals surface area contributed by atoms with E-state index in [-0.39, 0.29) is 0 Å². The Morgan fingerprint density at radius 1 is 0.952 bits per heavy atom.